The minimum atomic E-state index is 0.823. The molecule has 1 nitrogen and oxygen atoms in total. The van der Waals surface area contributed by atoms with Crippen molar-refractivity contribution in [2.45, 2.75) is 33.7 Å². The maximum atomic E-state index is 6.44. The highest BCUT2D eigenvalue weighted by Crippen LogP contribution is 2.30. The first kappa shape index (κ1) is 15.1. The van der Waals surface area contributed by atoms with Gasteiger partial charge in [-0.1, -0.05) is 48.9 Å². The van der Waals surface area contributed by atoms with Crippen LogP contribution in [0, 0.1) is 13.8 Å². The molecule has 106 valence electrons. The minimum absolute atomic E-state index is 0.823. The molecule has 2 heteroatoms. The van der Waals surface area contributed by atoms with Crippen molar-refractivity contribution in [2.75, 3.05) is 6.54 Å². The molecule has 0 aliphatic rings. The molecule has 0 radical (unpaired) electrons. The molecule has 2 aromatic rings. The fraction of sp³-hybridized carbons (Fsp3) is 0.333. The van der Waals surface area contributed by atoms with Crippen LogP contribution in [0.15, 0.2) is 36.4 Å². The molecule has 0 saturated carbocycles. The van der Waals surface area contributed by atoms with Crippen LogP contribution in [-0.4, -0.2) is 6.54 Å². The maximum Gasteiger partial charge on any atom is 0.0487 e. The van der Waals surface area contributed by atoms with Gasteiger partial charge in [-0.3, -0.25) is 0 Å². The van der Waals surface area contributed by atoms with Crippen LogP contribution in [0.2, 0.25) is 5.02 Å². The fourth-order valence-corrected chi connectivity index (χ4v) is 2.53. The van der Waals surface area contributed by atoms with Gasteiger partial charge in [0, 0.05) is 17.1 Å². The number of hydrogen-bond acceptors (Lipinski definition) is 1. The molecule has 2 rings (SSSR count). The van der Waals surface area contributed by atoms with Crippen molar-refractivity contribution >= 4 is 11.6 Å². The molecule has 0 aromatic heterocycles. The minimum Gasteiger partial charge on any atom is -0.313 e. The van der Waals surface area contributed by atoms with E-state index >= 15 is 0 Å². The number of benzene rings is 2. The summed E-state index contributed by atoms with van der Waals surface area (Å²) in [7, 11) is 0. The number of rotatable bonds is 5. The molecule has 0 bridgehead atoms. The lowest BCUT2D eigenvalue weighted by molar-refractivity contribution is 0.675. The highest BCUT2D eigenvalue weighted by molar-refractivity contribution is 6.33. The third-order valence-corrected chi connectivity index (χ3v) is 3.92. The largest absolute Gasteiger partial charge is 0.313 e. The lowest BCUT2D eigenvalue weighted by atomic mass is 9.99. The van der Waals surface area contributed by atoms with Crippen molar-refractivity contribution in [2.24, 2.45) is 0 Å². The van der Waals surface area contributed by atoms with Gasteiger partial charge in [0.1, 0.15) is 0 Å². The van der Waals surface area contributed by atoms with E-state index < -0.39 is 0 Å². The number of nitrogens with one attached hydrogen (secondary N) is 1. The first-order chi connectivity index (χ1) is 9.61. The summed E-state index contributed by atoms with van der Waals surface area (Å²) >= 11 is 6.44. The van der Waals surface area contributed by atoms with E-state index in [1.807, 2.05) is 0 Å². The van der Waals surface area contributed by atoms with Crippen molar-refractivity contribution < 1.29 is 0 Å². The Bertz CT molecular complexity index is 590. The lowest BCUT2D eigenvalue weighted by Gasteiger charge is -2.10. The van der Waals surface area contributed by atoms with Gasteiger partial charge in [-0.05, 0) is 55.1 Å². The SMILES string of the molecule is CCCNCc1ccc(-c2ccc(C)c(C)c2)c(Cl)c1. The smallest absolute Gasteiger partial charge is 0.0487 e. The summed E-state index contributed by atoms with van der Waals surface area (Å²) < 4.78 is 0. The quantitative estimate of drug-likeness (QED) is 0.752. The second kappa shape index (κ2) is 6.92. The van der Waals surface area contributed by atoms with Crippen molar-refractivity contribution in [3.05, 3.63) is 58.1 Å². The Kier molecular flexibility index (Phi) is 5.22. The molecule has 0 aliphatic carbocycles. The highest BCUT2D eigenvalue weighted by Gasteiger charge is 2.06. The molecule has 2 aromatic carbocycles. The molecule has 0 saturated heterocycles. The van der Waals surface area contributed by atoms with Crippen LogP contribution in [0.4, 0.5) is 0 Å². The second-order valence-electron chi connectivity index (χ2n) is 5.29. The van der Waals surface area contributed by atoms with Crippen LogP contribution in [0.1, 0.15) is 30.0 Å². The molecule has 0 heterocycles. The summed E-state index contributed by atoms with van der Waals surface area (Å²) in [6.07, 6.45) is 1.15. The summed E-state index contributed by atoms with van der Waals surface area (Å²) in [4.78, 5) is 0. The molecular weight excluding hydrogens is 266 g/mol. The van der Waals surface area contributed by atoms with Crippen LogP contribution in [0.25, 0.3) is 11.1 Å². The molecule has 0 aliphatic heterocycles. The summed E-state index contributed by atoms with van der Waals surface area (Å²) in [6, 6.07) is 12.8. The van der Waals surface area contributed by atoms with Gasteiger partial charge in [0.2, 0.25) is 0 Å². The maximum absolute atomic E-state index is 6.44. The Balaban J connectivity index is 2.22. The van der Waals surface area contributed by atoms with Crippen molar-refractivity contribution in [3.63, 3.8) is 0 Å². The predicted molar refractivity (Wildman–Crippen MR) is 88.4 cm³/mol. The van der Waals surface area contributed by atoms with Gasteiger partial charge in [-0.2, -0.15) is 0 Å². The average molecular weight is 288 g/mol. The zero-order chi connectivity index (χ0) is 14.5. The molecule has 0 atom stereocenters. The predicted octanol–water partition coefficient (Wildman–Crippen LogP) is 5.12. The van der Waals surface area contributed by atoms with E-state index in [9.17, 15) is 0 Å². The second-order valence-corrected chi connectivity index (χ2v) is 5.70. The van der Waals surface area contributed by atoms with Gasteiger partial charge in [-0.15, -0.1) is 0 Å². The Labute approximate surface area is 127 Å². The van der Waals surface area contributed by atoms with Gasteiger partial charge in [0.05, 0.1) is 0 Å². The third-order valence-electron chi connectivity index (χ3n) is 3.61. The van der Waals surface area contributed by atoms with E-state index in [1.54, 1.807) is 0 Å². The number of halogens is 1. The first-order valence-corrected chi connectivity index (χ1v) is 7.56. The van der Waals surface area contributed by atoms with Gasteiger partial charge < -0.3 is 5.32 Å². The lowest BCUT2D eigenvalue weighted by Crippen LogP contribution is -2.13. The Morgan fingerprint density at radius 2 is 1.80 bits per heavy atom. The Morgan fingerprint density at radius 3 is 2.45 bits per heavy atom. The van der Waals surface area contributed by atoms with Gasteiger partial charge >= 0.3 is 0 Å². The zero-order valence-electron chi connectivity index (χ0n) is 12.5. The van der Waals surface area contributed by atoms with Crippen molar-refractivity contribution in [1.82, 2.24) is 5.32 Å². The van der Waals surface area contributed by atoms with E-state index in [-0.39, 0.29) is 0 Å². The van der Waals surface area contributed by atoms with Crippen LogP contribution in [0.5, 0.6) is 0 Å². The standard InChI is InChI=1S/C18H22ClN/c1-4-9-20-12-15-6-8-17(18(19)11-15)16-7-5-13(2)14(3)10-16/h5-8,10-11,20H,4,9,12H2,1-3H3. The van der Waals surface area contributed by atoms with Crippen molar-refractivity contribution in [1.29, 1.82) is 0 Å². The van der Waals surface area contributed by atoms with Gasteiger partial charge in [0.15, 0.2) is 0 Å². The summed E-state index contributed by atoms with van der Waals surface area (Å²) in [5.74, 6) is 0. The third kappa shape index (κ3) is 3.62. The van der Waals surface area contributed by atoms with E-state index in [2.05, 4.69) is 62.5 Å². The molecule has 0 unspecified atom stereocenters. The Hall–Kier alpha value is -1.31. The summed E-state index contributed by atoms with van der Waals surface area (Å²) in [5, 5.41) is 4.22. The van der Waals surface area contributed by atoms with E-state index in [4.69, 9.17) is 11.6 Å². The number of aryl methyl sites for hydroxylation is 2. The van der Waals surface area contributed by atoms with Crippen LogP contribution in [-0.2, 0) is 6.54 Å². The first-order valence-electron chi connectivity index (χ1n) is 7.18. The average Bonchev–Trinajstić information content (AvgIpc) is 2.43. The highest BCUT2D eigenvalue weighted by atomic mass is 35.5. The topological polar surface area (TPSA) is 12.0 Å². The molecule has 0 amide bonds. The monoisotopic (exact) mass is 287 g/mol. The molecule has 0 spiro atoms. The Morgan fingerprint density at radius 1 is 1.00 bits per heavy atom. The molecule has 0 fully saturated rings. The van der Waals surface area contributed by atoms with E-state index in [1.165, 1.54) is 22.3 Å². The van der Waals surface area contributed by atoms with E-state index in [0.29, 0.717) is 0 Å². The summed E-state index contributed by atoms with van der Waals surface area (Å²) in [6.45, 7) is 8.35. The normalized spacial score (nSPS) is 10.8. The van der Waals surface area contributed by atoms with E-state index in [0.717, 1.165) is 30.1 Å². The van der Waals surface area contributed by atoms with Gasteiger partial charge in [0.25, 0.3) is 0 Å². The summed E-state index contributed by atoms with van der Waals surface area (Å²) in [5.41, 5.74) is 6.13. The van der Waals surface area contributed by atoms with Gasteiger partial charge in [-0.25, -0.2) is 0 Å². The zero-order valence-corrected chi connectivity index (χ0v) is 13.2. The molecular formula is C18H22ClN. The molecule has 1 N–H and O–H groups in total. The van der Waals surface area contributed by atoms with Crippen molar-refractivity contribution in [3.8, 4) is 11.1 Å². The molecule has 20 heavy (non-hydrogen) atoms. The van der Waals surface area contributed by atoms with Crippen LogP contribution >= 0.6 is 11.6 Å². The number of hydrogen-bond donors (Lipinski definition) is 1. The fourth-order valence-electron chi connectivity index (χ4n) is 2.22. The van der Waals surface area contributed by atoms with Crippen LogP contribution in [0.3, 0.4) is 0 Å². The van der Waals surface area contributed by atoms with Crippen LogP contribution < -0.4 is 5.32 Å².